The third kappa shape index (κ3) is 3.27. The Morgan fingerprint density at radius 3 is 2.90 bits per heavy atom. The fourth-order valence-corrected chi connectivity index (χ4v) is 3.84. The largest absolute Gasteiger partial charge is 0.378 e. The highest BCUT2D eigenvalue weighted by Gasteiger charge is 2.59. The van der Waals surface area contributed by atoms with Crippen LogP contribution in [0.25, 0.3) is 0 Å². The Bertz CT molecular complexity index is 453. The van der Waals surface area contributed by atoms with Crippen molar-refractivity contribution in [3.63, 3.8) is 0 Å². The van der Waals surface area contributed by atoms with Gasteiger partial charge in [0, 0.05) is 30.5 Å². The molecule has 116 valence electrons. The first-order chi connectivity index (χ1) is 10.2. The highest BCUT2D eigenvalue weighted by Crippen LogP contribution is 2.61. The number of hydrogen-bond acceptors (Lipinski definition) is 4. The van der Waals surface area contributed by atoms with Crippen LogP contribution in [0.5, 0.6) is 0 Å². The summed E-state index contributed by atoms with van der Waals surface area (Å²) in [6.07, 6.45) is 12.1. The minimum absolute atomic E-state index is 0.278. The van der Waals surface area contributed by atoms with Gasteiger partial charge in [-0.3, -0.25) is 0 Å². The number of fused-ring (bicyclic) bond motifs is 1. The first kappa shape index (κ1) is 14.9. The molecule has 0 bridgehead atoms. The average molecular weight is 289 g/mol. The van der Waals surface area contributed by atoms with E-state index >= 15 is 0 Å². The number of rotatable bonds is 7. The third-order valence-electron chi connectivity index (χ3n) is 5.20. The molecule has 1 aromatic rings. The maximum atomic E-state index is 6.06. The lowest BCUT2D eigenvalue weighted by molar-refractivity contribution is 0.0186. The van der Waals surface area contributed by atoms with Gasteiger partial charge >= 0.3 is 0 Å². The molecule has 0 radical (unpaired) electrons. The van der Waals surface area contributed by atoms with Crippen molar-refractivity contribution in [1.29, 1.82) is 0 Å². The fraction of sp³-hybridized carbons (Fsp3) is 0.765. The lowest BCUT2D eigenvalue weighted by Gasteiger charge is -2.27. The number of ether oxygens (including phenoxy) is 1. The van der Waals surface area contributed by atoms with Gasteiger partial charge in [-0.25, -0.2) is 9.97 Å². The van der Waals surface area contributed by atoms with Crippen molar-refractivity contribution < 1.29 is 4.74 Å². The smallest absolute Gasteiger partial charge is 0.134 e. The second-order valence-electron chi connectivity index (χ2n) is 6.73. The highest BCUT2D eigenvalue weighted by molar-refractivity contribution is 5.24. The number of aromatic nitrogens is 2. The van der Waals surface area contributed by atoms with Crippen molar-refractivity contribution >= 4 is 0 Å². The molecule has 0 amide bonds. The predicted molar refractivity (Wildman–Crippen MR) is 82.9 cm³/mol. The van der Waals surface area contributed by atoms with E-state index in [9.17, 15) is 0 Å². The SMILES string of the molecule is CCC[C@H](N)CCOC1CCC2(c3ncccn3)CC2C1. The summed E-state index contributed by atoms with van der Waals surface area (Å²) >= 11 is 0. The van der Waals surface area contributed by atoms with Gasteiger partial charge in [-0.2, -0.15) is 0 Å². The number of nitrogens with zero attached hydrogens (tertiary/aromatic N) is 2. The van der Waals surface area contributed by atoms with Gasteiger partial charge in [0.1, 0.15) is 5.82 Å². The molecule has 3 rings (SSSR count). The van der Waals surface area contributed by atoms with Crippen LogP contribution in [-0.4, -0.2) is 28.7 Å². The Labute approximate surface area is 127 Å². The maximum absolute atomic E-state index is 6.06. The van der Waals surface area contributed by atoms with Gasteiger partial charge < -0.3 is 10.5 Å². The molecule has 0 saturated heterocycles. The van der Waals surface area contributed by atoms with Crippen LogP contribution in [-0.2, 0) is 10.2 Å². The van der Waals surface area contributed by atoms with Crippen LogP contribution in [0.1, 0.15) is 57.7 Å². The summed E-state index contributed by atoms with van der Waals surface area (Å²) in [5.74, 6) is 1.78. The highest BCUT2D eigenvalue weighted by atomic mass is 16.5. The summed E-state index contributed by atoms with van der Waals surface area (Å²) in [5.41, 5.74) is 6.31. The van der Waals surface area contributed by atoms with Crippen molar-refractivity contribution in [1.82, 2.24) is 9.97 Å². The van der Waals surface area contributed by atoms with E-state index in [-0.39, 0.29) is 5.41 Å². The van der Waals surface area contributed by atoms with Crippen LogP contribution < -0.4 is 5.73 Å². The van der Waals surface area contributed by atoms with Crippen molar-refractivity contribution in [2.75, 3.05) is 6.61 Å². The fourth-order valence-electron chi connectivity index (χ4n) is 3.84. The lowest BCUT2D eigenvalue weighted by Crippen LogP contribution is -2.28. The summed E-state index contributed by atoms with van der Waals surface area (Å²) in [7, 11) is 0. The minimum atomic E-state index is 0.278. The Morgan fingerprint density at radius 2 is 2.19 bits per heavy atom. The molecule has 2 aliphatic carbocycles. The zero-order valence-corrected chi connectivity index (χ0v) is 13.0. The Kier molecular flexibility index (Phi) is 4.55. The molecule has 2 saturated carbocycles. The monoisotopic (exact) mass is 289 g/mol. The number of nitrogens with two attached hydrogens (primary N) is 1. The zero-order valence-electron chi connectivity index (χ0n) is 13.0. The molecule has 2 aliphatic rings. The molecular weight excluding hydrogens is 262 g/mol. The summed E-state index contributed by atoms with van der Waals surface area (Å²) in [4.78, 5) is 8.96. The summed E-state index contributed by atoms with van der Waals surface area (Å²) < 4.78 is 6.06. The standard InChI is InChI=1S/C17H27N3O/c1-2-4-14(18)6-10-21-15-5-7-17(12-13(17)11-15)16-19-8-3-9-20-16/h3,8-9,13-15H,2,4-7,10-12,18H2,1H3/t13?,14-,15?,17?/m0/s1. The van der Waals surface area contributed by atoms with E-state index in [0.717, 1.165) is 44.0 Å². The molecule has 4 heteroatoms. The Balaban J connectivity index is 1.44. The number of hydrogen-bond donors (Lipinski definition) is 1. The van der Waals surface area contributed by atoms with Crippen LogP contribution in [0, 0.1) is 5.92 Å². The molecule has 4 nitrogen and oxygen atoms in total. The summed E-state index contributed by atoms with van der Waals surface area (Å²) in [5, 5.41) is 0. The van der Waals surface area contributed by atoms with E-state index in [1.807, 2.05) is 18.5 Å². The quantitative estimate of drug-likeness (QED) is 0.838. The van der Waals surface area contributed by atoms with Gasteiger partial charge in [0.25, 0.3) is 0 Å². The molecule has 4 atom stereocenters. The normalized spacial score (nSPS) is 32.5. The van der Waals surface area contributed by atoms with Crippen LogP contribution in [0.15, 0.2) is 18.5 Å². The Hall–Kier alpha value is -1.00. The topological polar surface area (TPSA) is 61.0 Å². The van der Waals surface area contributed by atoms with Gasteiger partial charge in [0.2, 0.25) is 0 Å². The van der Waals surface area contributed by atoms with Crippen LogP contribution in [0.3, 0.4) is 0 Å². The second kappa shape index (κ2) is 6.41. The van der Waals surface area contributed by atoms with Crippen LogP contribution >= 0.6 is 0 Å². The molecule has 0 aromatic carbocycles. The molecule has 0 spiro atoms. The molecule has 2 fully saturated rings. The minimum Gasteiger partial charge on any atom is -0.378 e. The molecule has 1 heterocycles. The van der Waals surface area contributed by atoms with E-state index < -0.39 is 0 Å². The molecule has 3 unspecified atom stereocenters. The van der Waals surface area contributed by atoms with Crippen LogP contribution in [0.4, 0.5) is 0 Å². The molecule has 2 N–H and O–H groups in total. The van der Waals surface area contributed by atoms with Crippen LogP contribution in [0.2, 0.25) is 0 Å². The molecule has 0 aliphatic heterocycles. The van der Waals surface area contributed by atoms with Gasteiger partial charge in [-0.15, -0.1) is 0 Å². The van der Waals surface area contributed by atoms with Crippen molar-refractivity contribution in [2.24, 2.45) is 11.7 Å². The average Bonchev–Trinajstić information content (AvgIpc) is 3.23. The van der Waals surface area contributed by atoms with E-state index in [2.05, 4.69) is 16.9 Å². The van der Waals surface area contributed by atoms with Crippen molar-refractivity contribution in [2.45, 2.75) is 69.4 Å². The molecule has 21 heavy (non-hydrogen) atoms. The summed E-state index contributed by atoms with van der Waals surface area (Å²) in [6, 6.07) is 2.20. The van der Waals surface area contributed by atoms with Crippen molar-refractivity contribution in [3.8, 4) is 0 Å². The first-order valence-corrected chi connectivity index (χ1v) is 8.39. The van der Waals surface area contributed by atoms with Gasteiger partial charge in [0.15, 0.2) is 0 Å². The van der Waals surface area contributed by atoms with E-state index in [1.165, 1.54) is 19.3 Å². The second-order valence-corrected chi connectivity index (χ2v) is 6.73. The van der Waals surface area contributed by atoms with Crippen molar-refractivity contribution in [3.05, 3.63) is 24.3 Å². The van der Waals surface area contributed by atoms with E-state index in [4.69, 9.17) is 10.5 Å². The lowest BCUT2D eigenvalue weighted by atomic mass is 9.86. The Morgan fingerprint density at radius 1 is 1.38 bits per heavy atom. The third-order valence-corrected chi connectivity index (χ3v) is 5.20. The maximum Gasteiger partial charge on any atom is 0.134 e. The zero-order chi connectivity index (χ0) is 14.7. The predicted octanol–water partition coefficient (Wildman–Crippen LogP) is 2.82. The first-order valence-electron chi connectivity index (χ1n) is 8.39. The summed E-state index contributed by atoms with van der Waals surface area (Å²) in [6.45, 7) is 2.99. The molecule has 1 aromatic heterocycles. The van der Waals surface area contributed by atoms with E-state index in [0.29, 0.717) is 12.1 Å². The van der Waals surface area contributed by atoms with E-state index in [1.54, 1.807) is 0 Å². The molecular formula is C17H27N3O. The van der Waals surface area contributed by atoms with Gasteiger partial charge in [-0.05, 0) is 50.5 Å². The van der Waals surface area contributed by atoms with Gasteiger partial charge in [-0.1, -0.05) is 13.3 Å². The van der Waals surface area contributed by atoms with Gasteiger partial charge in [0.05, 0.1) is 6.10 Å².